The standard InChI is InChI=1S/C19H23N3O2S/c1-22(2)15(13-6-4-3-5-7-13)12-20-19(24)16-10-11-17(25-16)21-18(23)14-8-9-14/h3-7,10-11,14-15H,8-9,12H2,1-2H3,(H,20,24)(H,21,23)/t15-/m0/s1. The molecule has 6 heteroatoms. The van der Waals surface area contributed by atoms with Crippen LogP contribution >= 0.6 is 11.3 Å². The normalized spacial score (nSPS) is 15.0. The van der Waals surface area contributed by atoms with Crippen molar-refractivity contribution in [1.29, 1.82) is 0 Å². The summed E-state index contributed by atoms with van der Waals surface area (Å²) in [6.07, 6.45) is 1.94. The van der Waals surface area contributed by atoms with Gasteiger partial charge in [0.1, 0.15) is 0 Å². The molecule has 1 atom stereocenters. The van der Waals surface area contributed by atoms with Gasteiger partial charge in [0.25, 0.3) is 5.91 Å². The Kier molecular flexibility index (Phi) is 5.50. The van der Waals surface area contributed by atoms with Crippen molar-refractivity contribution in [3.63, 3.8) is 0 Å². The van der Waals surface area contributed by atoms with Crippen LogP contribution in [0.25, 0.3) is 0 Å². The van der Waals surface area contributed by atoms with Gasteiger partial charge in [-0.3, -0.25) is 9.59 Å². The number of carbonyl (C=O) groups excluding carboxylic acids is 2. The van der Waals surface area contributed by atoms with E-state index in [2.05, 4.69) is 27.7 Å². The Balaban J connectivity index is 1.58. The molecule has 0 unspecified atom stereocenters. The fraction of sp³-hybridized carbons (Fsp3) is 0.368. The molecular weight excluding hydrogens is 334 g/mol. The molecule has 0 bridgehead atoms. The second kappa shape index (κ2) is 7.80. The molecule has 0 saturated heterocycles. The van der Waals surface area contributed by atoms with Gasteiger partial charge in [0, 0.05) is 12.5 Å². The molecule has 132 valence electrons. The molecule has 2 aromatic rings. The summed E-state index contributed by atoms with van der Waals surface area (Å²) in [4.78, 5) is 26.9. The van der Waals surface area contributed by atoms with Crippen molar-refractivity contribution in [3.8, 4) is 0 Å². The van der Waals surface area contributed by atoms with Crippen molar-refractivity contribution in [2.45, 2.75) is 18.9 Å². The molecule has 2 N–H and O–H groups in total. The molecule has 0 spiro atoms. The molecule has 2 amide bonds. The number of benzene rings is 1. The van der Waals surface area contributed by atoms with Crippen molar-refractivity contribution >= 4 is 28.2 Å². The van der Waals surface area contributed by atoms with E-state index in [-0.39, 0.29) is 23.8 Å². The van der Waals surface area contributed by atoms with Crippen LogP contribution in [-0.2, 0) is 4.79 Å². The predicted octanol–water partition coefficient (Wildman–Crippen LogP) is 3.13. The van der Waals surface area contributed by atoms with Gasteiger partial charge in [-0.2, -0.15) is 0 Å². The molecule has 1 fully saturated rings. The molecule has 1 saturated carbocycles. The highest BCUT2D eigenvalue weighted by Crippen LogP contribution is 2.31. The summed E-state index contributed by atoms with van der Waals surface area (Å²) >= 11 is 1.31. The maximum Gasteiger partial charge on any atom is 0.261 e. The van der Waals surface area contributed by atoms with Crippen LogP contribution in [0, 0.1) is 5.92 Å². The van der Waals surface area contributed by atoms with Gasteiger partial charge in [-0.1, -0.05) is 30.3 Å². The van der Waals surface area contributed by atoms with E-state index in [0.717, 1.165) is 23.4 Å². The van der Waals surface area contributed by atoms with Crippen molar-refractivity contribution in [1.82, 2.24) is 10.2 Å². The van der Waals surface area contributed by atoms with Crippen molar-refractivity contribution in [3.05, 3.63) is 52.9 Å². The van der Waals surface area contributed by atoms with Crippen molar-refractivity contribution in [2.24, 2.45) is 5.92 Å². The lowest BCUT2D eigenvalue weighted by atomic mass is 10.1. The highest BCUT2D eigenvalue weighted by atomic mass is 32.1. The Labute approximate surface area is 152 Å². The van der Waals surface area contributed by atoms with Crippen LogP contribution in [0.15, 0.2) is 42.5 Å². The maximum absolute atomic E-state index is 12.4. The van der Waals surface area contributed by atoms with E-state index >= 15 is 0 Å². The van der Waals surface area contributed by atoms with Crippen LogP contribution in [0.5, 0.6) is 0 Å². The van der Waals surface area contributed by atoms with Gasteiger partial charge in [0.2, 0.25) is 5.91 Å². The van der Waals surface area contributed by atoms with Gasteiger partial charge < -0.3 is 15.5 Å². The van der Waals surface area contributed by atoms with Gasteiger partial charge in [-0.05, 0) is 44.6 Å². The monoisotopic (exact) mass is 357 g/mol. The van der Waals surface area contributed by atoms with Crippen LogP contribution < -0.4 is 10.6 Å². The number of nitrogens with one attached hydrogen (secondary N) is 2. The van der Waals surface area contributed by atoms with Crippen LogP contribution in [0.2, 0.25) is 0 Å². The first-order chi connectivity index (χ1) is 12.0. The predicted molar refractivity (Wildman–Crippen MR) is 101 cm³/mol. The molecule has 1 heterocycles. The quantitative estimate of drug-likeness (QED) is 0.800. The minimum absolute atomic E-state index is 0.0607. The summed E-state index contributed by atoms with van der Waals surface area (Å²) in [5, 5.41) is 6.61. The Hall–Kier alpha value is -2.18. The topological polar surface area (TPSA) is 61.4 Å². The van der Waals surface area contributed by atoms with E-state index in [4.69, 9.17) is 0 Å². The molecule has 25 heavy (non-hydrogen) atoms. The number of hydrogen-bond acceptors (Lipinski definition) is 4. The molecule has 1 aliphatic carbocycles. The first-order valence-electron chi connectivity index (χ1n) is 8.45. The van der Waals surface area contributed by atoms with E-state index in [9.17, 15) is 9.59 Å². The number of rotatable bonds is 7. The number of hydrogen-bond donors (Lipinski definition) is 2. The summed E-state index contributed by atoms with van der Waals surface area (Å²) < 4.78 is 0. The Bertz CT molecular complexity index is 738. The lowest BCUT2D eigenvalue weighted by molar-refractivity contribution is -0.117. The fourth-order valence-electron chi connectivity index (χ4n) is 2.65. The van der Waals surface area contributed by atoms with Crippen LogP contribution in [0.1, 0.15) is 34.1 Å². The Morgan fingerprint density at radius 3 is 2.52 bits per heavy atom. The average molecular weight is 357 g/mol. The molecular formula is C19H23N3O2S. The lowest BCUT2D eigenvalue weighted by Crippen LogP contribution is -2.34. The number of amides is 2. The van der Waals surface area contributed by atoms with Crippen LogP contribution in [0.4, 0.5) is 5.00 Å². The fourth-order valence-corrected chi connectivity index (χ4v) is 3.47. The zero-order chi connectivity index (χ0) is 17.8. The number of carbonyl (C=O) groups is 2. The van der Waals surface area contributed by atoms with E-state index < -0.39 is 0 Å². The lowest BCUT2D eigenvalue weighted by Gasteiger charge is -2.25. The summed E-state index contributed by atoms with van der Waals surface area (Å²) in [5.74, 6) is 0.108. The van der Waals surface area contributed by atoms with E-state index in [0.29, 0.717) is 11.4 Å². The zero-order valence-corrected chi connectivity index (χ0v) is 15.3. The Morgan fingerprint density at radius 1 is 1.16 bits per heavy atom. The summed E-state index contributed by atoms with van der Waals surface area (Å²) in [5.41, 5.74) is 1.16. The molecule has 0 radical (unpaired) electrons. The number of likely N-dealkylation sites (N-methyl/N-ethyl adjacent to an activating group) is 1. The number of anilines is 1. The number of nitrogens with zero attached hydrogens (tertiary/aromatic N) is 1. The third kappa shape index (κ3) is 4.67. The van der Waals surface area contributed by atoms with Gasteiger partial charge in [-0.15, -0.1) is 11.3 Å². The maximum atomic E-state index is 12.4. The first-order valence-corrected chi connectivity index (χ1v) is 9.26. The van der Waals surface area contributed by atoms with Crippen LogP contribution in [-0.4, -0.2) is 37.4 Å². The Morgan fingerprint density at radius 2 is 1.88 bits per heavy atom. The van der Waals surface area contributed by atoms with Crippen LogP contribution in [0.3, 0.4) is 0 Å². The second-order valence-corrected chi connectivity index (χ2v) is 7.61. The molecule has 1 aromatic heterocycles. The van der Waals surface area contributed by atoms with E-state index in [1.807, 2.05) is 32.3 Å². The van der Waals surface area contributed by atoms with Gasteiger partial charge in [0.15, 0.2) is 0 Å². The van der Waals surface area contributed by atoms with Gasteiger partial charge in [0.05, 0.1) is 15.9 Å². The minimum atomic E-state index is -0.111. The summed E-state index contributed by atoms with van der Waals surface area (Å²) in [7, 11) is 4.00. The van der Waals surface area contributed by atoms with Gasteiger partial charge in [-0.25, -0.2) is 0 Å². The van der Waals surface area contributed by atoms with E-state index in [1.54, 1.807) is 12.1 Å². The molecule has 1 aliphatic rings. The number of thiophene rings is 1. The summed E-state index contributed by atoms with van der Waals surface area (Å²) in [6, 6.07) is 13.8. The molecule has 3 rings (SSSR count). The van der Waals surface area contributed by atoms with Crippen molar-refractivity contribution in [2.75, 3.05) is 26.0 Å². The second-order valence-electron chi connectivity index (χ2n) is 6.53. The average Bonchev–Trinajstić information content (AvgIpc) is 3.35. The largest absolute Gasteiger partial charge is 0.349 e. The first kappa shape index (κ1) is 17.6. The summed E-state index contributed by atoms with van der Waals surface area (Å²) in [6.45, 7) is 0.525. The smallest absolute Gasteiger partial charge is 0.261 e. The highest BCUT2D eigenvalue weighted by Gasteiger charge is 2.29. The molecule has 0 aliphatic heterocycles. The van der Waals surface area contributed by atoms with Gasteiger partial charge >= 0.3 is 0 Å². The third-order valence-electron chi connectivity index (χ3n) is 4.29. The zero-order valence-electron chi connectivity index (χ0n) is 14.5. The van der Waals surface area contributed by atoms with Crippen molar-refractivity contribution < 1.29 is 9.59 Å². The highest BCUT2D eigenvalue weighted by molar-refractivity contribution is 7.18. The minimum Gasteiger partial charge on any atom is -0.349 e. The third-order valence-corrected chi connectivity index (χ3v) is 5.29. The molecule has 1 aromatic carbocycles. The SMILES string of the molecule is CN(C)[C@@H](CNC(=O)c1ccc(NC(=O)C2CC2)s1)c1ccccc1. The van der Waals surface area contributed by atoms with E-state index in [1.165, 1.54) is 11.3 Å². The molecule has 5 nitrogen and oxygen atoms in total.